The Kier molecular flexibility index (Phi) is 3.19. The van der Waals surface area contributed by atoms with Crippen LogP contribution in [0, 0.1) is 17.1 Å². The maximum absolute atomic E-state index is 13.0. The van der Waals surface area contributed by atoms with Gasteiger partial charge < -0.3 is 4.84 Å². The fourth-order valence-electron chi connectivity index (χ4n) is 0.787. The van der Waals surface area contributed by atoms with Crippen molar-refractivity contribution in [2.45, 2.75) is 13.8 Å². The molecule has 0 saturated carbocycles. The molecular formula is C10H9FN2O. The number of hydrogen-bond acceptors (Lipinski definition) is 3. The van der Waals surface area contributed by atoms with Gasteiger partial charge in [-0.3, -0.25) is 0 Å². The molecule has 0 heterocycles. The molecule has 0 bridgehead atoms. The van der Waals surface area contributed by atoms with Crippen LogP contribution in [0.15, 0.2) is 23.4 Å². The van der Waals surface area contributed by atoms with Gasteiger partial charge >= 0.3 is 0 Å². The largest absolute Gasteiger partial charge is 0.357 e. The molecule has 0 unspecified atom stereocenters. The van der Waals surface area contributed by atoms with Crippen molar-refractivity contribution < 1.29 is 9.23 Å². The Morgan fingerprint density at radius 2 is 2.21 bits per heavy atom. The maximum atomic E-state index is 13.0. The predicted molar refractivity (Wildman–Crippen MR) is 50.5 cm³/mol. The van der Waals surface area contributed by atoms with E-state index in [-0.39, 0.29) is 11.3 Å². The van der Waals surface area contributed by atoms with E-state index < -0.39 is 5.82 Å². The zero-order chi connectivity index (χ0) is 10.6. The van der Waals surface area contributed by atoms with Gasteiger partial charge in [0.15, 0.2) is 5.75 Å². The molecule has 0 amide bonds. The summed E-state index contributed by atoms with van der Waals surface area (Å²) in [5.74, 6) is -0.323. The maximum Gasteiger partial charge on any atom is 0.160 e. The fraction of sp³-hybridized carbons (Fsp3) is 0.200. The van der Waals surface area contributed by atoms with Crippen molar-refractivity contribution in [1.82, 2.24) is 0 Å². The molecule has 0 saturated heterocycles. The number of rotatable bonds is 2. The Morgan fingerprint density at radius 3 is 2.71 bits per heavy atom. The molecule has 1 aromatic rings. The van der Waals surface area contributed by atoms with Gasteiger partial charge in [0.25, 0.3) is 0 Å². The van der Waals surface area contributed by atoms with Crippen LogP contribution in [0.25, 0.3) is 0 Å². The summed E-state index contributed by atoms with van der Waals surface area (Å²) in [6.07, 6.45) is 0. The van der Waals surface area contributed by atoms with Crippen LogP contribution in [-0.4, -0.2) is 5.71 Å². The zero-order valence-corrected chi connectivity index (χ0v) is 7.91. The van der Waals surface area contributed by atoms with Crippen LogP contribution in [-0.2, 0) is 0 Å². The van der Waals surface area contributed by atoms with E-state index in [0.717, 1.165) is 11.8 Å². The number of halogens is 1. The molecule has 1 aromatic carbocycles. The van der Waals surface area contributed by atoms with Crippen molar-refractivity contribution in [1.29, 1.82) is 5.26 Å². The van der Waals surface area contributed by atoms with Crippen LogP contribution < -0.4 is 4.84 Å². The Balaban J connectivity index is 2.88. The lowest BCUT2D eigenvalue weighted by Gasteiger charge is -1.99. The van der Waals surface area contributed by atoms with Crippen molar-refractivity contribution in [3.63, 3.8) is 0 Å². The predicted octanol–water partition coefficient (Wildman–Crippen LogP) is 2.47. The third-order valence-electron chi connectivity index (χ3n) is 1.39. The van der Waals surface area contributed by atoms with Crippen LogP contribution >= 0.6 is 0 Å². The summed E-state index contributed by atoms with van der Waals surface area (Å²) < 4.78 is 13.0. The highest BCUT2D eigenvalue weighted by atomic mass is 19.1. The molecule has 0 spiro atoms. The highest BCUT2D eigenvalue weighted by molar-refractivity contribution is 5.78. The normalized spacial score (nSPS) is 9.00. The molecule has 0 radical (unpaired) electrons. The molecule has 0 fully saturated rings. The second-order valence-corrected chi connectivity index (χ2v) is 2.88. The van der Waals surface area contributed by atoms with E-state index in [9.17, 15) is 4.39 Å². The summed E-state index contributed by atoms with van der Waals surface area (Å²) in [7, 11) is 0. The first kappa shape index (κ1) is 10.2. The molecular weight excluding hydrogens is 183 g/mol. The van der Waals surface area contributed by atoms with E-state index in [1.165, 1.54) is 12.1 Å². The molecule has 0 aromatic heterocycles. The number of nitrogens with zero attached hydrogens (tertiary/aromatic N) is 2. The topological polar surface area (TPSA) is 45.4 Å². The van der Waals surface area contributed by atoms with Gasteiger partial charge in [-0.15, -0.1) is 0 Å². The fourth-order valence-corrected chi connectivity index (χ4v) is 0.787. The van der Waals surface area contributed by atoms with E-state index in [1.807, 2.05) is 0 Å². The molecule has 1 rings (SSSR count). The summed E-state index contributed by atoms with van der Waals surface area (Å²) in [4.78, 5) is 4.89. The standard InChI is InChI=1S/C10H9FN2O/c1-7(2)13-14-9-4-3-8(6-12)10(11)5-9/h3-5H,1-2H3. The van der Waals surface area contributed by atoms with Gasteiger partial charge in [-0.25, -0.2) is 4.39 Å². The Bertz CT molecular complexity index is 403. The quantitative estimate of drug-likeness (QED) is 0.533. The number of nitriles is 1. The summed E-state index contributed by atoms with van der Waals surface area (Å²) in [5.41, 5.74) is 0.726. The summed E-state index contributed by atoms with van der Waals surface area (Å²) in [6, 6.07) is 5.70. The van der Waals surface area contributed by atoms with Crippen LogP contribution in [0.3, 0.4) is 0 Å². The molecule has 0 N–H and O–H groups in total. The zero-order valence-electron chi connectivity index (χ0n) is 7.91. The van der Waals surface area contributed by atoms with Crippen LogP contribution in [0.4, 0.5) is 4.39 Å². The lowest BCUT2D eigenvalue weighted by Crippen LogP contribution is -1.91. The van der Waals surface area contributed by atoms with E-state index in [2.05, 4.69) is 5.16 Å². The van der Waals surface area contributed by atoms with Gasteiger partial charge in [-0.1, -0.05) is 5.16 Å². The molecule has 0 aliphatic rings. The Morgan fingerprint density at radius 1 is 1.50 bits per heavy atom. The van der Waals surface area contributed by atoms with E-state index >= 15 is 0 Å². The molecule has 14 heavy (non-hydrogen) atoms. The van der Waals surface area contributed by atoms with Gasteiger partial charge in [0.2, 0.25) is 0 Å². The van der Waals surface area contributed by atoms with Crippen molar-refractivity contribution in [3.05, 3.63) is 29.6 Å². The lowest BCUT2D eigenvalue weighted by atomic mass is 10.2. The van der Waals surface area contributed by atoms with Gasteiger partial charge in [0.1, 0.15) is 11.9 Å². The first-order chi connectivity index (χ1) is 6.63. The average molecular weight is 192 g/mol. The molecule has 72 valence electrons. The first-order valence-electron chi connectivity index (χ1n) is 4.01. The third-order valence-corrected chi connectivity index (χ3v) is 1.39. The van der Waals surface area contributed by atoms with Crippen LogP contribution in [0.1, 0.15) is 19.4 Å². The lowest BCUT2D eigenvalue weighted by molar-refractivity contribution is 0.338. The minimum absolute atomic E-state index is 0.00505. The van der Waals surface area contributed by atoms with Crippen molar-refractivity contribution >= 4 is 5.71 Å². The minimum Gasteiger partial charge on any atom is -0.357 e. The summed E-state index contributed by atoms with van der Waals surface area (Å²) in [5, 5.41) is 12.1. The van der Waals surface area contributed by atoms with E-state index in [4.69, 9.17) is 10.1 Å². The number of benzene rings is 1. The average Bonchev–Trinajstić information content (AvgIpc) is 2.15. The Labute approximate surface area is 81.4 Å². The highest BCUT2D eigenvalue weighted by Gasteiger charge is 2.02. The molecule has 4 heteroatoms. The Hall–Kier alpha value is -1.89. The molecule has 0 aliphatic carbocycles. The monoisotopic (exact) mass is 192 g/mol. The third kappa shape index (κ3) is 2.56. The minimum atomic E-state index is -0.603. The van der Waals surface area contributed by atoms with Crippen LogP contribution in [0.2, 0.25) is 0 Å². The van der Waals surface area contributed by atoms with Crippen LogP contribution in [0.5, 0.6) is 5.75 Å². The number of hydrogen-bond donors (Lipinski definition) is 0. The second-order valence-electron chi connectivity index (χ2n) is 2.88. The first-order valence-corrected chi connectivity index (χ1v) is 4.01. The van der Waals surface area contributed by atoms with E-state index in [1.54, 1.807) is 19.9 Å². The van der Waals surface area contributed by atoms with Gasteiger partial charge in [-0.2, -0.15) is 5.26 Å². The van der Waals surface area contributed by atoms with Gasteiger partial charge in [-0.05, 0) is 26.0 Å². The molecule has 0 aliphatic heterocycles. The summed E-state index contributed by atoms with van der Waals surface area (Å²) >= 11 is 0. The van der Waals surface area contributed by atoms with E-state index in [0.29, 0.717) is 0 Å². The number of oxime groups is 1. The highest BCUT2D eigenvalue weighted by Crippen LogP contribution is 2.16. The van der Waals surface area contributed by atoms with Gasteiger partial charge in [0.05, 0.1) is 11.3 Å². The van der Waals surface area contributed by atoms with Crippen molar-refractivity contribution in [2.75, 3.05) is 0 Å². The molecule has 0 atom stereocenters. The SMILES string of the molecule is CC(C)=NOc1ccc(C#N)c(F)c1. The smallest absolute Gasteiger partial charge is 0.160 e. The van der Waals surface area contributed by atoms with Crippen molar-refractivity contribution in [2.24, 2.45) is 5.16 Å². The molecule has 3 nitrogen and oxygen atoms in total. The summed E-state index contributed by atoms with van der Waals surface area (Å²) in [6.45, 7) is 3.53. The van der Waals surface area contributed by atoms with Crippen molar-refractivity contribution in [3.8, 4) is 11.8 Å². The van der Waals surface area contributed by atoms with Gasteiger partial charge in [0, 0.05) is 6.07 Å². The second kappa shape index (κ2) is 4.38.